The zero-order valence-corrected chi connectivity index (χ0v) is 21.8. The van der Waals surface area contributed by atoms with Crippen LogP contribution in [0.3, 0.4) is 0 Å². The molecular weight excluding hydrogens is 547 g/mol. The second-order valence-electron chi connectivity index (χ2n) is 9.37. The summed E-state index contributed by atoms with van der Waals surface area (Å²) < 4.78 is 43.7. The maximum Gasteiger partial charge on any atom is 0.471 e. The second kappa shape index (κ2) is 11.8. The zero-order valence-electron chi connectivity index (χ0n) is 21.8. The molecule has 15 heteroatoms. The summed E-state index contributed by atoms with van der Waals surface area (Å²) in [7, 11) is 0. The molecule has 0 aliphatic carbocycles. The topological polar surface area (TPSA) is 181 Å². The molecule has 2 aromatic heterocycles. The molecule has 0 spiro atoms. The van der Waals surface area contributed by atoms with Gasteiger partial charge in [-0.25, -0.2) is 9.78 Å². The van der Waals surface area contributed by atoms with Gasteiger partial charge in [-0.05, 0) is 37.6 Å². The summed E-state index contributed by atoms with van der Waals surface area (Å²) in [4.78, 5) is 32.4. The van der Waals surface area contributed by atoms with E-state index >= 15 is 0 Å². The van der Waals surface area contributed by atoms with Crippen LogP contribution in [0.5, 0.6) is 0 Å². The monoisotopic (exact) mass is 573 g/mol. The highest BCUT2D eigenvalue weighted by molar-refractivity contribution is 5.90. The van der Waals surface area contributed by atoms with Crippen molar-refractivity contribution in [2.75, 3.05) is 11.1 Å². The fraction of sp³-hybridized carbons (Fsp3) is 0.269. The van der Waals surface area contributed by atoms with Crippen LogP contribution in [0.1, 0.15) is 35.7 Å². The molecule has 41 heavy (non-hydrogen) atoms. The first-order valence-electron chi connectivity index (χ1n) is 12.2. The van der Waals surface area contributed by atoms with Gasteiger partial charge >= 0.3 is 18.0 Å². The minimum atomic E-state index is -4.75. The third kappa shape index (κ3) is 7.06. The van der Waals surface area contributed by atoms with Crippen LogP contribution in [0.25, 0.3) is 22.6 Å². The quantitative estimate of drug-likeness (QED) is 0.139. The number of benzene rings is 2. The summed E-state index contributed by atoms with van der Waals surface area (Å²) in [5.74, 6) is -2.83. The Labute approximate surface area is 230 Å². The van der Waals surface area contributed by atoms with Crippen LogP contribution in [0.2, 0.25) is 0 Å². The largest absolute Gasteiger partial charge is 0.478 e. The van der Waals surface area contributed by atoms with Crippen molar-refractivity contribution in [3.8, 4) is 22.6 Å². The van der Waals surface area contributed by atoms with Gasteiger partial charge in [-0.2, -0.15) is 18.2 Å². The van der Waals surface area contributed by atoms with Crippen LogP contribution in [0.15, 0.2) is 58.0 Å². The van der Waals surface area contributed by atoms with Crippen molar-refractivity contribution in [1.82, 2.24) is 25.0 Å². The number of aliphatic hydroxyl groups is 1. The van der Waals surface area contributed by atoms with Gasteiger partial charge in [-0.15, -0.1) is 0 Å². The van der Waals surface area contributed by atoms with Crippen LogP contribution >= 0.6 is 0 Å². The predicted molar refractivity (Wildman–Crippen MR) is 142 cm³/mol. The average molecular weight is 574 g/mol. The van der Waals surface area contributed by atoms with Crippen LogP contribution < -0.4 is 21.9 Å². The third-order valence-corrected chi connectivity index (χ3v) is 5.76. The highest BCUT2D eigenvalue weighted by Gasteiger charge is 2.38. The van der Waals surface area contributed by atoms with Crippen molar-refractivity contribution in [2.24, 2.45) is 0 Å². The van der Waals surface area contributed by atoms with Crippen LogP contribution in [-0.2, 0) is 19.3 Å². The molecule has 1 atom stereocenters. The van der Waals surface area contributed by atoms with Gasteiger partial charge in [-0.3, -0.25) is 14.7 Å². The van der Waals surface area contributed by atoms with Gasteiger partial charge < -0.3 is 25.8 Å². The van der Waals surface area contributed by atoms with E-state index in [1.807, 2.05) is 13.8 Å². The van der Waals surface area contributed by atoms with E-state index in [-0.39, 0.29) is 47.7 Å². The van der Waals surface area contributed by atoms with E-state index in [1.54, 1.807) is 12.1 Å². The van der Waals surface area contributed by atoms with E-state index in [0.717, 1.165) is 0 Å². The highest BCUT2D eigenvalue weighted by Crippen LogP contribution is 2.29. The lowest BCUT2D eigenvalue weighted by Crippen LogP contribution is -2.38. The number of hydrogen-bond donors (Lipinski definition) is 5. The zero-order chi connectivity index (χ0) is 29.9. The number of halogens is 3. The molecule has 216 valence electrons. The number of nitrogens with two attached hydrogens (primary N) is 1. The van der Waals surface area contributed by atoms with E-state index < -0.39 is 29.8 Å². The number of nitrogens with one attached hydrogen (secondary N) is 2. The molecule has 1 unspecified atom stereocenters. The molecule has 0 radical (unpaired) electrons. The summed E-state index contributed by atoms with van der Waals surface area (Å²) in [5, 5.41) is 29.4. The van der Waals surface area contributed by atoms with Crippen LogP contribution in [-0.4, -0.2) is 48.1 Å². The molecule has 0 saturated carbocycles. The summed E-state index contributed by atoms with van der Waals surface area (Å²) in [6, 6.07) is 10.2. The number of nitrogens with zero attached hydrogens (tertiary/aromatic N) is 4. The smallest absolute Gasteiger partial charge is 0.471 e. The lowest BCUT2D eigenvalue weighted by Gasteiger charge is -2.20. The Morgan fingerprint density at radius 3 is 2.46 bits per heavy atom. The van der Waals surface area contributed by atoms with E-state index in [1.165, 1.54) is 41.1 Å². The molecule has 0 aliphatic rings. The number of alkyl halides is 3. The van der Waals surface area contributed by atoms with Crippen molar-refractivity contribution in [3.63, 3.8) is 0 Å². The number of carbonyl (C=O) groups is 1. The number of aliphatic hydroxyl groups excluding tert-OH is 1. The van der Waals surface area contributed by atoms with Crippen molar-refractivity contribution >= 4 is 17.5 Å². The standard InChI is InChI=1S/C26H26F3N7O5/c1-13(2)33-22-23(38)36(19(11-32-22)16-7-17(24(39)40)9-18(30)8-16)12-20(37)31-10-14-3-5-15(6-4-14)21-34-25(41-35-21)26(27,28)29/h3-9,11,13,20,31,37H,10,12,30H2,1-2H3,(H,32,33)(H,39,40). The molecule has 0 fully saturated rings. The van der Waals surface area contributed by atoms with Crippen molar-refractivity contribution in [2.45, 2.75) is 45.4 Å². The minimum absolute atomic E-state index is 0.0454. The molecule has 0 amide bonds. The van der Waals surface area contributed by atoms with Gasteiger partial charge in [0.2, 0.25) is 5.82 Å². The number of nitrogen functional groups attached to an aromatic ring is 1. The SMILES string of the molecule is CC(C)Nc1ncc(-c2cc(N)cc(C(=O)O)c2)n(CC(O)NCc2ccc(-c3noc(C(F)(F)F)n3)cc2)c1=O. The molecule has 12 nitrogen and oxygen atoms in total. The fourth-order valence-electron chi connectivity index (χ4n) is 3.90. The summed E-state index contributed by atoms with van der Waals surface area (Å²) in [6.07, 6.45) is -4.61. The molecule has 2 aromatic carbocycles. The first kappa shape index (κ1) is 29.2. The molecule has 0 bridgehead atoms. The number of aromatic carboxylic acids is 1. The average Bonchev–Trinajstić information content (AvgIpc) is 3.41. The third-order valence-electron chi connectivity index (χ3n) is 5.76. The van der Waals surface area contributed by atoms with Gasteiger partial charge in [0.05, 0.1) is 24.0 Å². The fourth-order valence-corrected chi connectivity index (χ4v) is 3.90. The van der Waals surface area contributed by atoms with Gasteiger partial charge in [0.15, 0.2) is 5.82 Å². The molecule has 4 rings (SSSR count). The number of carboxylic acids is 1. The van der Waals surface area contributed by atoms with Crippen LogP contribution in [0, 0.1) is 0 Å². The number of rotatable bonds is 10. The number of carboxylic acid groups (broad SMARTS) is 1. The van der Waals surface area contributed by atoms with Gasteiger partial charge in [0.1, 0.15) is 6.23 Å². The van der Waals surface area contributed by atoms with E-state index in [2.05, 4.69) is 30.3 Å². The normalized spacial score (nSPS) is 12.5. The molecule has 0 aliphatic heterocycles. The van der Waals surface area contributed by atoms with Gasteiger partial charge in [0, 0.05) is 29.4 Å². The molecule has 2 heterocycles. The Morgan fingerprint density at radius 2 is 1.85 bits per heavy atom. The predicted octanol–water partition coefficient (Wildman–Crippen LogP) is 3.19. The minimum Gasteiger partial charge on any atom is -0.478 e. The second-order valence-corrected chi connectivity index (χ2v) is 9.37. The van der Waals surface area contributed by atoms with E-state index in [9.17, 15) is 33.0 Å². The van der Waals surface area contributed by atoms with Crippen molar-refractivity contribution in [3.05, 3.63) is 76.0 Å². The molecular formula is C26H26F3N7O5. The first-order valence-corrected chi connectivity index (χ1v) is 12.2. The number of anilines is 2. The Kier molecular flexibility index (Phi) is 8.39. The van der Waals surface area contributed by atoms with Crippen molar-refractivity contribution in [1.29, 1.82) is 0 Å². The maximum absolute atomic E-state index is 13.3. The Hall–Kier alpha value is -4.76. The number of aromatic nitrogens is 4. The van der Waals surface area contributed by atoms with E-state index in [4.69, 9.17) is 5.73 Å². The Balaban J connectivity index is 1.54. The molecule has 0 saturated heterocycles. The van der Waals surface area contributed by atoms with Crippen molar-refractivity contribution < 1.29 is 32.7 Å². The Bertz CT molecular complexity index is 1600. The maximum atomic E-state index is 13.3. The molecule has 4 aromatic rings. The molecule has 6 N–H and O–H groups in total. The van der Waals surface area contributed by atoms with E-state index in [0.29, 0.717) is 16.7 Å². The summed E-state index contributed by atoms with van der Waals surface area (Å²) >= 11 is 0. The Morgan fingerprint density at radius 1 is 1.15 bits per heavy atom. The summed E-state index contributed by atoms with van der Waals surface area (Å²) in [5.41, 5.74) is 6.96. The highest BCUT2D eigenvalue weighted by atomic mass is 19.4. The van der Waals surface area contributed by atoms with Gasteiger partial charge in [0.25, 0.3) is 5.56 Å². The van der Waals surface area contributed by atoms with Crippen LogP contribution in [0.4, 0.5) is 24.7 Å². The lowest BCUT2D eigenvalue weighted by molar-refractivity contribution is -0.159. The number of hydrogen-bond acceptors (Lipinski definition) is 10. The summed E-state index contributed by atoms with van der Waals surface area (Å²) in [6.45, 7) is 3.55. The lowest BCUT2D eigenvalue weighted by atomic mass is 10.1. The first-order chi connectivity index (χ1) is 19.3. The van der Waals surface area contributed by atoms with Gasteiger partial charge in [-0.1, -0.05) is 29.4 Å².